The van der Waals surface area contributed by atoms with E-state index < -0.39 is 30.2 Å². The summed E-state index contributed by atoms with van der Waals surface area (Å²) in [6.45, 7) is 1.51. The first-order chi connectivity index (χ1) is 12.5. The first kappa shape index (κ1) is 18.1. The molecular weight excluding hydrogens is 336 g/mol. The average molecular weight is 358 g/mol. The van der Waals surface area contributed by atoms with Crippen LogP contribution >= 0.6 is 0 Å². The molecule has 1 heterocycles. The fourth-order valence-corrected chi connectivity index (χ4v) is 3.74. The summed E-state index contributed by atoms with van der Waals surface area (Å²) in [6.07, 6.45) is 3.58. The Morgan fingerprint density at radius 3 is 2.50 bits per heavy atom. The van der Waals surface area contributed by atoms with Crippen molar-refractivity contribution in [1.29, 1.82) is 0 Å². The van der Waals surface area contributed by atoms with E-state index in [4.69, 9.17) is 4.74 Å². The molecule has 4 amide bonds. The van der Waals surface area contributed by atoms with Crippen LogP contribution in [0.3, 0.4) is 0 Å². The van der Waals surface area contributed by atoms with Gasteiger partial charge in [0, 0.05) is 6.04 Å². The van der Waals surface area contributed by atoms with Crippen LogP contribution in [0.4, 0.5) is 4.79 Å². The van der Waals surface area contributed by atoms with Crippen molar-refractivity contribution in [2.75, 3.05) is 13.7 Å². The molecule has 1 saturated carbocycles. The van der Waals surface area contributed by atoms with Crippen molar-refractivity contribution in [2.45, 2.75) is 38.6 Å². The second kappa shape index (κ2) is 7.27. The lowest BCUT2D eigenvalue weighted by atomic mass is 9.85. The number of amides is 4. The van der Waals surface area contributed by atoms with Gasteiger partial charge in [-0.3, -0.25) is 19.3 Å². The summed E-state index contributed by atoms with van der Waals surface area (Å²) in [5.41, 5.74) is 0.271. The summed E-state index contributed by atoms with van der Waals surface area (Å²) in [7, 11) is 1.44. The van der Waals surface area contributed by atoms with Gasteiger partial charge in [0.25, 0.3) is 0 Å². The van der Waals surface area contributed by atoms with Crippen LogP contribution in [0, 0.1) is 5.92 Å². The molecule has 1 aliphatic carbocycles. The van der Waals surface area contributed by atoms with Crippen LogP contribution in [0.15, 0.2) is 24.3 Å². The van der Waals surface area contributed by atoms with Gasteiger partial charge in [0.1, 0.15) is 5.75 Å². The first-order valence-electron chi connectivity index (χ1n) is 8.81. The summed E-state index contributed by atoms with van der Waals surface area (Å²) >= 11 is 0. The third kappa shape index (κ3) is 3.09. The molecule has 138 valence electrons. The Labute approximate surface area is 151 Å². The van der Waals surface area contributed by atoms with Crippen molar-refractivity contribution >= 4 is 23.6 Å². The summed E-state index contributed by atoms with van der Waals surface area (Å²) < 4.78 is 5.15. The Balaban J connectivity index is 1.80. The summed E-state index contributed by atoms with van der Waals surface area (Å²) in [5.74, 6) is -1.71. The van der Waals surface area contributed by atoms with Crippen LogP contribution < -0.4 is 4.74 Å². The van der Waals surface area contributed by atoms with E-state index in [1.807, 2.05) is 6.92 Å². The molecule has 2 fully saturated rings. The summed E-state index contributed by atoms with van der Waals surface area (Å²) in [4.78, 5) is 51.8. The zero-order chi connectivity index (χ0) is 18.8. The highest BCUT2D eigenvalue weighted by Crippen LogP contribution is 2.31. The molecule has 1 aromatic rings. The molecule has 3 rings (SSSR count). The minimum Gasteiger partial charge on any atom is -0.496 e. The maximum absolute atomic E-state index is 12.7. The summed E-state index contributed by atoms with van der Waals surface area (Å²) in [6, 6.07) is 5.61. The number of ketones is 1. The van der Waals surface area contributed by atoms with E-state index >= 15 is 0 Å². The molecule has 0 radical (unpaired) electrons. The first-order valence-corrected chi connectivity index (χ1v) is 8.81. The quantitative estimate of drug-likeness (QED) is 0.458. The van der Waals surface area contributed by atoms with Crippen LogP contribution in [0.5, 0.6) is 5.75 Å². The number of methoxy groups -OCH3 is 1. The third-order valence-electron chi connectivity index (χ3n) is 5.19. The number of para-hydroxylation sites is 1. The van der Waals surface area contributed by atoms with Gasteiger partial charge in [0.05, 0.1) is 19.2 Å². The SMILES string of the molecule is COc1ccccc1C(=O)CN1C(=O)C(=O)N([C@H]2CCCC[C@H]2C)C1=O. The molecule has 0 N–H and O–H groups in total. The molecule has 0 spiro atoms. The molecule has 0 bridgehead atoms. The van der Waals surface area contributed by atoms with Gasteiger partial charge in [-0.25, -0.2) is 9.69 Å². The third-order valence-corrected chi connectivity index (χ3v) is 5.19. The van der Waals surface area contributed by atoms with Crippen LogP contribution in [-0.4, -0.2) is 53.1 Å². The predicted molar refractivity (Wildman–Crippen MR) is 92.7 cm³/mol. The number of imide groups is 2. The van der Waals surface area contributed by atoms with E-state index in [0.29, 0.717) is 12.2 Å². The number of hydrogen-bond acceptors (Lipinski definition) is 5. The minimum atomic E-state index is -0.934. The van der Waals surface area contributed by atoms with E-state index in [1.54, 1.807) is 24.3 Å². The Morgan fingerprint density at radius 2 is 1.81 bits per heavy atom. The summed E-state index contributed by atoms with van der Waals surface area (Å²) in [5, 5.41) is 0. The molecular formula is C19H22N2O5. The lowest BCUT2D eigenvalue weighted by Crippen LogP contribution is -2.46. The number of nitrogens with zero attached hydrogens (tertiary/aromatic N) is 2. The highest BCUT2D eigenvalue weighted by molar-refractivity contribution is 6.45. The van der Waals surface area contributed by atoms with Crippen molar-refractivity contribution in [3.63, 3.8) is 0 Å². The molecule has 2 aliphatic rings. The van der Waals surface area contributed by atoms with E-state index in [2.05, 4.69) is 0 Å². The number of carbonyl (C=O) groups is 4. The number of ether oxygens (including phenoxy) is 1. The normalized spacial score (nSPS) is 23.5. The highest BCUT2D eigenvalue weighted by atomic mass is 16.5. The standard InChI is InChI=1S/C19H22N2O5/c1-12-7-3-5-9-14(12)21-18(24)17(23)20(19(21)25)11-15(22)13-8-4-6-10-16(13)26-2/h4,6,8,10,12,14H,3,5,7,9,11H2,1-2H3/t12-,14+/m1/s1. The second-order valence-electron chi connectivity index (χ2n) is 6.80. The van der Waals surface area contributed by atoms with Gasteiger partial charge in [0.15, 0.2) is 5.78 Å². The van der Waals surface area contributed by atoms with Crippen molar-refractivity contribution in [3.8, 4) is 5.75 Å². The van der Waals surface area contributed by atoms with Crippen molar-refractivity contribution in [1.82, 2.24) is 9.80 Å². The molecule has 1 aliphatic heterocycles. The van der Waals surface area contributed by atoms with Gasteiger partial charge >= 0.3 is 17.8 Å². The zero-order valence-electron chi connectivity index (χ0n) is 14.9. The Kier molecular flexibility index (Phi) is 5.06. The monoisotopic (exact) mass is 358 g/mol. The lowest BCUT2D eigenvalue weighted by molar-refractivity contribution is -0.144. The highest BCUT2D eigenvalue weighted by Gasteiger charge is 2.49. The van der Waals surface area contributed by atoms with Crippen LogP contribution in [0.2, 0.25) is 0 Å². The fraction of sp³-hybridized carbons (Fsp3) is 0.474. The topological polar surface area (TPSA) is 84.0 Å². The second-order valence-corrected chi connectivity index (χ2v) is 6.80. The number of rotatable bonds is 5. The van der Waals surface area contributed by atoms with E-state index in [-0.39, 0.29) is 17.5 Å². The smallest absolute Gasteiger partial charge is 0.334 e. The molecule has 0 aromatic heterocycles. The lowest BCUT2D eigenvalue weighted by Gasteiger charge is -2.34. The average Bonchev–Trinajstić information content (AvgIpc) is 2.85. The Morgan fingerprint density at radius 1 is 1.12 bits per heavy atom. The van der Waals surface area contributed by atoms with E-state index in [1.165, 1.54) is 7.11 Å². The van der Waals surface area contributed by atoms with Crippen molar-refractivity contribution in [3.05, 3.63) is 29.8 Å². The maximum Gasteiger partial charge on any atom is 0.334 e. The molecule has 0 unspecified atom stereocenters. The van der Waals surface area contributed by atoms with Gasteiger partial charge in [-0.2, -0.15) is 0 Å². The molecule has 7 heteroatoms. The molecule has 7 nitrogen and oxygen atoms in total. The number of benzene rings is 1. The minimum absolute atomic E-state index is 0.148. The molecule has 2 atom stereocenters. The van der Waals surface area contributed by atoms with Gasteiger partial charge in [0.2, 0.25) is 0 Å². The molecule has 1 aromatic carbocycles. The predicted octanol–water partition coefficient (Wildman–Crippen LogP) is 2.25. The van der Waals surface area contributed by atoms with E-state index in [9.17, 15) is 19.2 Å². The zero-order valence-corrected chi connectivity index (χ0v) is 14.9. The fourth-order valence-electron chi connectivity index (χ4n) is 3.74. The van der Waals surface area contributed by atoms with Crippen LogP contribution in [-0.2, 0) is 9.59 Å². The van der Waals surface area contributed by atoms with Gasteiger partial charge in [-0.15, -0.1) is 0 Å². The number of Topliss-reactive ketones (excluding diaryl/α,β-unsaturated/α-hetero) is 1. The largest absolute Gasteiger partial charge is 0.496 e. The Hall–Kier alpha value is -2.70. The van der Waals surface area contributed by atoms with Crippen LogP contribution in [0.25, 0.3) is 0 Å². The van der Waals surface area contributed by atoms with Crippen molar-refractivity contribution in [2.24, 2.45) is 5.92 Å². The number of hydrogen-bond donors (Lipinski definition) is 0. The van der Waals surface area contributed by atoms with E-state index in [0.717, 1.165) is 29.1 Å². The van der Waals surface area contributed by atoms with Gasteiger partial charge < -0.3 is 4.74 Å². The van der Waals surface area contributed by atoms with Crippen molar-refractivity contribution < 1.29 is 23.9 Å². The van der Waals surface area contributed by atoms with Gasteiger partial charge in [-0.05, 0) is 30.9 Å². The van der Waals surface area contributed by atoms with Gasteiger partial charge in [-0.1, -0.05) is 31.9 Å². The number of carbonyl (C=O) groups excluding carboxylic acids is 4. The Bertz CT molecular complexity index is 760. The number of urea groups is 1. The molecule has 26 heavy (non-hydrogen) atoms. The maximum atomic E-state index is 12.7. The van der Waals surface area contributed by atoms with Crippen LogP contribution in [0.1, 0.15) is 43.0 Å². The molecule has 1 saturated heterocycles.